The Morgan fingerprint density at radius 2 is 1.88 bits per heavy atom. The van der Waals surface area contributed by atoms with Crippen molar-refractivity contribution in [1.82, 2.24) is 10.2 Å². The first kappa shape index (κ1) is 17.5. The van der Waals surface area contributed by atoms with Crippen LogP contribution in [0.25, 0.3) is 5.57 Å². The molecular weight excluding hydrogens is 316 g/mol. The van der Waals surface area contributed by atoms with E-state index in [4.69, 9.17) is 0 Å². The van der Waals surface area contributed by atoms with Crippen molar-refractivity contribution in [3.63, 3.8) is 0 Å². The molecule has 2 amide bonds. The third-order valence-corrected chi connectivity index (χ3v) is 5.21. The molecule has 2 N–H and O–H groups in total. The smallest absolute Gasteiger partial charge is 0.245 e. The monoisotopic (exact) mass is 342 g/mol. The van der Waals surface area contributed by atoms with Crippen molar-refractivity contribution < 1.29 is 14.7 Å². The van der Waals surface area contributed by atoms with Crippen molar-refractivity contribution >= 4 is 17.4 Å². The van der Waals surface area contributed by atoms with Crippen molar-refractivity contribution in [1.29, 1.82) is 0 Å². The van der Waals surface area contributed by atoms with E-state index in [0.29, 0.717) is 13.1 Å². The fraction of sp³-hybridized carbons (Fsp3) is 0.500. The van der Waals surface area contributed by atoms with Crippen LogP contribution in [0.5, 0.6) is 5.75 Å². The lowest BCUT2D eigenvalue weighted by molar-refractivity contribution is -0.136. The lowest BCUT2D eigenvalue weighted by Gasteiger charge is -2.29. The van der Waals surface area contributed by atoms with Crippen LogP contribution in [-0.4, -0.2) is 41.0 Å². The Balaban J connectivity index is 1.55. The highest BCUT2D eigenvalue weighted by Gasteiger charge is 2.28. The van der Waals surface area contributed by atoms with Gasteiger partial charge in [0.15, 0.2) is 0 Å². The molecule has 0 spiro atoms. The van der Waals surface area contributed by atoms with Gasteiger partial charge in [0.1, 0.15) is 11.8 Å². The van der Waals surface area contributed by atoms with E-state index in [1.807, 2.05) is 12.1 Å². The zero-order chi connectivity index (χ0) is 17.8. The quantitative estimate of drug-likeness (QED) is 0.884. The van der Waals surface area contributed by atoms with Gasteiger partial charge in [-0.05, 0) is 49.5 Å². The van der Waals surface area contributed by atoms with Crippen LogP contribution in [0.3, 0.4) is 0 Å². The van der Waals surface area contributed by atoms with Gasteiger partial charge in [-0.1, -0.05) is 31.1 Å². The van der Waals surface area contributed by atoms with Gasteiger partial charge in [-0.2, -0.15) is 0 Å². The summed E-state index contributed by atoms with van der Waals surface area (Å²) < 4.78 is 0. The predicted octanol–water partition coefficient (Wildman–Crippen LogP) is 2.70. The molecule has 2 aliphatic rings. The molecule has 25 heavy (non-hydrogen) atoms. The maximum atomic E-state index is 12.6. The highest BCUT2D eigenvalue weighted by Crippen LogP contribution is 2.26. The number of benzene rings is 1. The van der Waals surface area contributed by atoms with E-state index in [0.717, 1.165) is 37.7 Å². The fourth-order valence-corrected chi connectivity index (χ4v) is 3.66. The molecule has 0 saturated heterocycles. The summed E-state index contributed by atoms with van der Waals surface area (Å²) in [6, 6.07) is 6.66. The van der Waals surface area contributed by atoms with Gasteiger partial charge < -0.3 is 15.3 Å². The van der Waals surface area contributed by atoms with Gasteiger partial charge >= 0.3 is 0 Å². The highest BCUT2D eigenvalue weighted by atomic mass is 16.3. The molecule has 1 aromatic carbocycles. The number of rotatable bonds is 4. The number of carbonyl (C=O) groups is 2. The maximum absolute atomic E-state index is 12.6. The number of hydrogen-bond donors (Lipinski definition) is 2. The Hall–Kier alpha value is -2.30. The van der Waals surface area contributed by atoms with Gasteiger partial charge in [0.05, 0.1) is 0 Å². The van der Waals surface area contributed by atoms with Crippen LogP contribution in [0.2, 0.25) is 0 Å². The first-order chi connectivity index (χ1) is 12.0. The van der Waals surface area contributed by atoms with Crippen LogP contribution in [0.4, 0.5) is 0 Å². The average molecular weight is 342 g/mol. The number of nitrogens with one attached hydrogen (secondary N) is 1. The molecule has 3 rings (SSSR count). The van der Waals surface area contributed by atoms with Gasteiger partial charge in [0.2, 0.25) is 11.8 Å². The van der Waals surface area contributed by atoms with Crippen molar-refractivity contribution in [3.8, 4) is 5.75 Å². The summed E-state index contributed by atoms with van der Waals surface area (Å²) in [4.78, 5) is 26.6. The van der Waals surface area contributed by atoms with E-state index in [9.17, 15) is 14.7 Å². The molecule has 0 bridgehead atoms. The lowest BCUT2D eigenvalue weighted by Crippen LogP contribution is -2.49. The molecule has 0 aromatic heterocycles. The molecule has 1 saturated carbocycles. The van der Waals surface area contributed by atoms with E-state index in [-0.39, 0.29) is 23.5 Å². The third-order valence-electron chi connectivity index (χ3n) is 5.21. The van der Waals surface area contributed by atoms with Crippen molar-refractivity contribution in [3.05, 3.63) is 35.9 Å². The number of aromatic hydroxyl groups is 1. The Labute approximate surface area is 148 Å². The van der Waals surface area contributed by atoms with Gasteiger partial charge in [-0.15, -0.1) is 0 Å². The fourth-order valence-electron chi connectivity index (χ4n) is 3.66. The summed E-state index contributed by atoms with van der Waals surface area (Å²) in [7, 11) is 0. The van der Waals surface area contributed by atoms with Crippen molar-refractivity contribution in [2.75, 3.05) is 13.1 Å². The normalized spacial score (nSPS) is 19.4. The predicted molar refractivity (Wildman–Crippen MR) is 96.8 cm³/mol. The summed E-state index contributed by atoms with van der Waals surface area (Å²) >= 11 is 0. The second-order valence-electron chi connectivity index (χ2n) is 7.02. The molecule has 1 aromatic rings. The Bertz CT molecular complexity index is 660. The SMILES string of the molecule is C[C@@H](NC(=O)C1CCCC1)C(=O)N1CC=C(c2ccc(O)cc2)CC1. The Kier molecular flexibility index (Phi) is 5.41. The molecule has 0 unspecified atom stereocenters. The summed E-state index contributed by atoms with van der Waals surface area (Å²) in [6.07, 6.45) is 6.93. The second kappa shape index (κ2) is 7.72. The molecular formula is C20H26N2O3. The topological polar surface area (TPSA) is 69.6 Å². The molecule has 1 aliphatic heterocycles. The van der Waals surface area contributed by atoms with Crippen molar-refractivity contribution in [2.24, 2.45) is 5.92 Å². The average Bonchev–Trinajstić information content (AvgIpc) is 3.17. The summed E-state index contributed by atoms with van der Waals surface area (Å²) in [5.74, 6) is 0.337. The van der Waals surface area contributed by atoms with Gasteiger partial charge in [0.25, 0.3) is 0 Å². The van der Waals surface area contributed by atoms with Crippen LogP contribution >= 0.6 is 0 Å². The molecule has 1 heterocycles. The summed E-state index contributed by atoms with van der Waals surface area (Å²) in [5.41, 5.74) is 2.26. The van der Waals surface area contributed by atoms with Gasteiger partial charge in [-0.25, -0.2) is 0 Å². The molecule has 0 radical (unpaired) electrons. The summed E-state index contributed by atoms with van der Waals surface area (Å²) in [6.45, 7) is 2.97. The third kappa shape index (κ3) is 4.21. The maximum Gasteiger partial charge on any atom is 0.245 e. The first-order valence-electron chi connectivity index (χ1n) is 9.12. The van der Waals surface area contributed by atoms with Crippen LogP contribution in [0.1, 0.15) is 44.6 Å². The molecule has 5 heteroatoms. The Morgan fingerprint density at radius 3 is 2.48 bits per heavy atom. The molecule has 1 fully saturated rings. The molecule has 1 atom stereocenters. The largest absolute Gasteiger partial charge is 0.508 e. The van der Waals surface area contributed by atoms with Gasteiger partial charge in [0, 0.05) is 19.0 Å². The minimum absolute atomic E-state index is 0.0210. The van der Waals surface area contributed by atoms with Crippen LogP contribution in [-0.2, 0) is 9.59 Å². The van der Waals surface area contributed by atoms with E-state index in [1.54, 1.807) is 24.0 Å². The van der Waals surface area contributed by atoms with Crippen molar-refractivity contribution in [2.45, 2.75) is 45.1 Å². The van der Waals surface area contributed by atoms with E-state index < -0.39 is 6.04 Å². The number of phenolic OH excluding ortho intramolecular Hbond substituents is 1. The highest BCUT2D eigenvalue weighted by molar-refractivity contribution is 5.88. The number of amides is 2. The Morgan fingerprint density at radius 1 is 1.20 bits per heavy atom. The zero-order valence-electron chi connectivity index (χ0n) is 14.7. The first-order valence-corrected chi connectivity index (χ1v) is 9.12. The van der Waals surface area contributed by atoms with E-state index >= 15 is 0 Å². The number of nitrogens with zero attached hydrogens (tertiary/aromatic N) is 1. The van der Waals surface area contributed by atoms with Crippen LogP contribution < -0.4 is 5.32 Å². The minimum atomic E-state index is -0.475. The minimum Gasteiger partial charge on any atom is -0.508 e. The molecule has 5 nitrogen and oxygen atoms in total. The number of hydrogen-bond acceptors (Lipinski definition) is 3. The van der Waals surface area contributed by atoms with E-state index in [2.05, 4.69) is 11.4 Å². The van der Waals surface area contributed by atoms with Crippen LogP contribution in [0, 0.1) is 5.92 Å². The zero-order valence-corrected chi connectivity index (χ0v) is 14.7. The number of phenols is 1. The van der Waals surface area contributed by atoms with E-state index in [1.165, 1.54) is 5.57 Å². The lowest BCUT2D eigenvalue weighted by atomic mass is 9.99. The molecule has 1 aliphatic carbocycles. The summed E-state index contributed by atoms with van der Waals surface area (Å²) in [5, 5.41) is 12.3. The molecule has 134 valence electrons. The number of carbonyl (C=O) groups excluding carboxylic acids is 2. The van der Waals surface area contributed by atoms with Gasteiger partial charge in [-0.3, -0.25) is 9.59 Å². The standard InChI is InChI=1S/C20H26N2O3/c1-14(21-19(24)17-4-2-3-5-17)20(25)22-12-10-16(11-13-22)15-6-8-18(23)9-7-15/h6-10,14,17,23H,2-5,11-13H2,1H3,(H,21,24)/t14-/m1/s1. The van der Waals surface area contributed by atoms with Crippen LogP contribution in [0.15, 0.2) is 30.3 Å². The second-order valence-corrected chi connectivity index (χ2v) is 7.02.